The van der Waals surface area contributed by atoms with E-state index in [2.05, 4.69) is 30.1 Å². The number of nitrogens with one attached hydrogen (secondary N) is 1. The second-order valence-electron chi connectivity index (χ2n) is 5.63. The van der Waals surface area contributed by atoms with Crippen LogP contribution in [0, 0.1) is 6.92 Å². The number of carbonyl (C=O) groups excluding carboxylic acids is 1. The molecular weight excluding hydrogens is 262 g/mol. The molecule has 2 rings (SSSR count). The van der Waals surface area contributed by atoms with E-state index >= 15 is 0 Å². The molecule has 0 radical (unpaired) electrons. The molecule has 116 valence electrons. The average molecular weight is 289 g/mol. The van der Waals surface area contributed by atoms with Gasteiger partial charge in [0.15, 0.2) is 0 Å². The Balaban J connectivity index is 2.07. The Morgan fingerprint density at radius 3 is 2.62 bits per heavy atom. The highest BCUT2D eigenvalue weighted by Gasteiger charge is 2.25. The van der Waals surface area contributed by atoms with Crippen molar-refractivity contribution in [1.82, 2.24) is 10.2 Å². The third-order valence-electron chi connectivity index (χ3n) is 4.32. The number of aryl methyl sites for hydroxylation is 1. The van der Waals surface area contributed by atoms with Crippen molar-refractivity contribution in [2.75, 3.05) is 37.6 Å². The maximum Gasteiger partial charge on any atom is 0.241 e. The molecule has 1 saturated heterocycles. The van der Waals surface area contributed by atoms with Crippen molar-refractivity contribution in [2.45, 2.75) is 33.2 Å². The summed E-state index contributed by atoms with van der Waals surface area (Å²) < 4.78 is 0. The summed E-state index contributed by atoms with van der Waals surface area (Å²) in [5, 5.41) is 3.38. The first kappa shape index (κ1) is 16.0. The van der Waals surface area contributed by atoms with Crippen molar-refractivity contribution in [1.29, 1.82) is 0 Å². The molecule has 1 heterocycles. The summed E-state index contributed by atoms with van der Waals surface area (Å²) in [7, 11) is 0. The molecule has 0 aromatic heterocycles. The fraction of sp³-hybridized carbons (Fsp3) is 0.588. The molecule has 1 amide bonds. The van der Waals surface area contributed by atoms with Crippen LogP contribution in [0.1, 0.15) is 25.8 Å². The van der Waals surface area contributed by atoms with E-state index in [0.29, 0.717) is 19.1 Å². The van der Waals surface area contributed by atoms with Crippen LogP contribution in [0.15, 0.2) is 24.3 Å². The molecule has 1 aliphatic rings. The number of hydrogen-bond donors (Lipinski definition) is 1. The lowest BCUT2D eigenvalue weighted by molar-refractivity contribution is -0.120. The highest BCUT2D eigenvalue weighted by atomic mass is 16.2. The Bertz CT molecular complexity index is 469. The minimum absolute atomic E-state index is 0.195. The van der Waals surface area contributed by atoms with Gasteiger partial charge in [0, 0.05) is 24.8 Å². The summed E-state index contributed by atoms with van der Waals surface area (Å²) in [5.41, 5.74) is 2.18. The highest BCUT2D eigenvalue weighted by molar-refractivity contribution is 5.95. The van der Waals surface area contributed by atoms with E-state index in [1.54, 1.807) is 0 Å². The van der Waals surface area contributed by atoms with Crippen molar-refractivity contribution >= 4 is 11.6 Å². The third-order valence-corrected chi connectivity index (χ3v) is 4.32. The Kier molecular flexibility index (Phi) is 5.76. The van der Waals surface area contributed by atoms with E-state index in [1.165, 1.54) is 0 Å². The van der Waals surface area contributed by atoms with E-state index < -0.39 is 0 Å². The second kappa shape index (κ2) is 7.57. The number of anilines is 1. The number of rotatable bonds is 6. The van der Waals surface area contributed by atoms with Crippen LogP contribution in [0.4, 0.5) is 5.69 Å². The standard InChI is InChI=1S/C17H27N3O/c1-4-19(15-10-11-18-12-15)13-17(21)20(5-2)16-9-7-6-8-14(16)3/h6-9,15,18H,4-5,10-13H2,1-3H3. The second-order valence-corrected chi connectivity index (χ2v) is 5.63. The topological polar surface area (TPSA) is 35.6 Å². The predicted molar refractivity (Wildman–Crippen MR) is 87.7 cm³/mol. The largest absolute Gasteiger partial charge is 0.315 e. The Morgan fingerprint density at radius 1 is 1.29 bits per heavy atom. The lowest BCUT2D eigenvalue weighted by atomic mass is 10.1. The van der Waals surface area contributed by atoms with Crippen LogP contribution in [-0.2, 0) is 4.79 Å². The minimum Gasteiger partial charge on any atom is -0.315 e. The summed E-state index contributed by atoms with van der Waals surface area (Å²) in [4.78, 5) is 16.9. The zero-order valence-corrected chi connectivity index (χ0v) is 13.4. The molecule has 0 aliphatic carbocycles. The van der Waals surface area contributed by atoms with Crippen molar-refractivity contribution in [2.24, 2.45) is 0 Å². The van der Waals surface area contributed by atoms with E-state index in [-0.39, 0.29) is 5.91 Å². The first-order valence-electron chi connectivity index (χ1n) is 7.98. The quantitative estimate of drug-likeness (QED) is 0.870. The van der Waals surface area contributed by atoms with Crippen LogP contribution < -0.4 is 10.2 Å². The van der Waals surface area contributed by atoms with Crippen LogP contribution >= 0.6 is 0 Å². The van der Waals surface area contributed by atoms with Crippen LogP contribution in [0.5, 0.6) is 0 Å². The number of amides is 1. The molecule has 0 bridgehead atoms. The molecule has 1 N–H and O–H groups in total. The normalized spacial score (nSPS) is 18.2. The zero-order chi connectivity index (χ0) is 15.2. The SMILES string of the molecule is CCN(C(=O)CN(CC)C1CCNC1)c1ccccc1C. The summed E-state index contributed by atoms with van der Waals surface area (Å²) >= 11 is 0. The summed E-state index contributed by atoms with van der Waals surface area (Å²) in [6, 6.07) is 8.60. The van der Waals surface area contributed by atoms with E-state index in [4.69, 9.17) is 0 Å². The van der Waals surface area contributed by atoms with Gasteiger partial charge < -0.3 is 10.2 Å². The minimum atomic E-state index is 0.195. The fourth-order valence-corrected chi connectivity index (χ4v) is 3.06. The Morgan fingerprint density at radius 2 is 2.05 bits per heavy atom. The summed E-state index contributed by atoms with van der Waals surface area (Å²) in [6.45, 7) is 10.4. The van der Waals surface area contributed by atoms with Crippen LogP contribution in [0.25, 0.3) is 0 Å². The van der Waals surface area contributed by atoms with E-state index in [1.807, 2.05) is 30.0 Å². The lowest BCUT2D eigenvalue weighted by Gasteiger charge is -2.30. The number of hydrogen-bond acceptors (Lipinski definition) is 3. The van der Waals surface area contributed by atoms with Gasteiger partial charge in [-0.1, -0.05) is 25.1 Å². The first-order valence-corrected chi connectivity index (χ1v) is 7.98. The molecule has 1 unspecified atom stereocenters. The molecule has 1 fully saturated rings. The van der Waals surface area contributed by atoms with Gasteiger partial charge in [-0.3, -0.25) is 9.69 Å². The fourth-order valence-electron chi connectivity index (χ4n) is 3.06. The maximum atomic E-state index is 12.7. The predicted octanol–water partition coefficient (Wildman–Crippen LogP) is 2.03. The number of likely N-dealkylation sites (N-methyl/N-ethyl adjacent to an activating group) is 2. The van der Waals surface area contributed by atoms with Gasteiger partial charge in [-0.25, -0.2) is 0 Å². The number of para-hydroxylation sites is 1. The zero-order valence-electron chi connectivity index (χ0n) is 13.4. The third kappa shape index (κ3) is 3.83. The van der Waals surface area contributed by atoms with Gasteiger partial charge in [0.1, 0.15) is 0 Å². The highest BCUT2D eigenvalue weighted by Crippen LogP contribution is 2.20. The van der Waals surface area contributed by atoms with Gasteiger partial charge in [-0.15, -0.1) is 0 Å². The molecular formula is C17H27N3O. The Hall–Kier alpha value is -1.39. The monoisotopic (exact) mass is 289 g/mol. The number of nitrogens with zero attached hydrogens (tertiary/aromatic N) is 2. The molecule has 1 aliphatic heterocycles. The van der Waals surface area contributed by atoms with Gasteiger partial charge in [-0.2, -0.15) is 0 Å². The smallest absolute Gasteiger partial charge is 0.241 e. The van der Waals surface area contributed by atoms with E-state index in [0.717, 1.165) is 37.3 Å². The summed E-state index contributed by atoms with van der Waals surface area (Å²) in [5.74, 6) is 0.195. The Labute approximate surface area is 128 Å². The van der Waals surface area contributed by atoms with Gasteiger partial charge >= 0.3 is 0 Å². The lowest BCUT2D eigenvalue weighted by Crippen LogP contribution is -2.45. The molecule has 1 atom stereocenters. The molecule has 1 aromatic rings. The van der Waals surface area contributed by atoms with Crippen LogP contribution in [0.2, 0.25) is 0 Å². The van der Waals surface area contributed by atoms with E-state index in [9.17, 15) is 4.79 Å². The molecule has 4 heteroatoms. The van der Waals surface area contributed by atoms with Gasteiger partial charge in [0.2, 0.25) is 5.91 Å². The van der Waals surface area contributed by atoms with Gasteiger partial charge in [-0.05, 0) is 45.0 Å². The molecule has 21 heavy (non-hydrogen) atoms. The van der Waals surface area contributed by atoms with Crippen molar-refractivity contribution in [3.8, 4) is 0 Å². The van der Waals surface area contributed by atoms with Crippen molar-refractivity contribution in [3.05, 3.63) is 29.8 Å². The number of benzene rings is 1. The van der Waals surface area contributed by atoms with Crippen molar-refractivity contribution < 1.29 is 4.79 Å². The van der Waals surface area contributed by atoms with Crippen LogP contribution in [-0.4, -0.2) is 49.6 Å². The molecule has 0 saturated carbocycles. The summed E-state index contributed by atoms with van der Waals surface area (Å²) in [6.07, 6.45) is 1.14. The number of carbonyl (C=O) groups is 1. The maximum absolute atomic E-state index is 12.7. The first-order chi connectivity index (χ1) is 10.2. The molecule has 0 spiro atoms. The molecule has 4 nitrogen and oxygen atoms in total. The van der Waals surface area contributed by atoms with Gasteiger partial charge in [0.05, 0.1) is 6.54 Å². The van der Waals surface area contributed by atoms with Gasteiger partial charge in [0.25, 0.3) is 0 Å². The van der Waals surface area contributed by atoms with Crippen molar-refractivity contribution in [3.63, 3.8) is 0 Å². The van der Waals surface area contributed by atoms with Crippen LogP contribution in [0.3, 0.4) is 0 Å². The molecule has 1 aromatic carbocycles. The average Bonchev–Trinajstić information content (AvgIpc) is 3.01.